The number of Topliss-reactive ketones (excluding diaryl/α,β-unsaturated/α-hetero) is 1. The van der Waals surface area contributed by atoms with E-state index in [4.69, 9.17) is 11.6 Å². The van der Waals surface area contributed by atoms with Gasteiger partial charge in [0.1, 0.15) is 0 Å². The molecule has 1 rings (SSSR count). The number of ketones is 1. The van der Waals surface area contributed by atoms with E-state index in [1.165, 1.54) is 0 Å². The fraction of sp³-hybridized carbons (Fsp3) is 0.286. The maximum absolute atomic E-state index is 10.8. The van der Waals surface area contributed by atoms with Crippen molar-refractivity contribution in [1.29, 1.82) is 0 Å². The summed E-state index contributed by atoms with van der Waals surface area (Å²) in [6.45, 7) is 0. The first-order valence-electron chi connectivity index (χ1n) is 2.91. The highest BCUT2D eigenvalue weighted by Gasteiger charge is 2.00. The predicted octanol–water partition coefficient (Wildman–Crippen LogP) is 2.10. The second-order valence-electron chi connectivity index (χ2n) is 1.98. The van der Waals surface area contributed by atoms with Gasteiger partial charge < -0.3 is 0 Å². The van der Waals surface area contributed by atoms with E-state index in [1.54, 1.807) is 11.3 Å². The molecule has 0 saturated carbocycles. The zero-order valence-corrected chi connectivity index (χ0v) is 6.91. The van der Waals surface area contributed by atoms with Crippen LogP contribution in [0.25, 0.3) is 0 Å². The van der Waals surface area contributed by atoms with Crippen LogP contribution in [-0.2, 0) is 11.2 Å². The van der Waals surface area contributed by atoms with Crippen molar-refractivity contribution in [2.24, 2.45) is 0 Å². The number of hydrogen-bond acceptors (Lipinski definition) is 2. The summed E-state index contributed by atoms with van der Waals surface area (Å²) < 4.78 is 0. The minimum atomic E-state index is 0.0834. The second kappa shape index (κ2) is 3.74. The number of alkyl halides is 1. The third kappa shape index (κ3) is 2.12. The van der Waals surface area contributed by atoms with Crippen molar-refractivity contribution in [3.05, 3.63) is 22.4 Å². The van der Waals surface area contributed by atoms with E-state index in [0.29, 0.717) is 6.42 Å². The van der Waals surface area contributed by atoms with E-state index in [2.05, 4.69) is 0 Å². The molecule has 0 atom stereocenters. The molecule has 1 heterocycles. The average Bonchev–Trinajstić information content (AvgIpc) is 2.40. The van der Waals surface area contributed by atoms with Gasteiger partial charge in [-0.2, -0.15) is 11.3 Å². The van der Waals surface area contributed by atoms with Gasteiger partial charge in [0.2, 0.25) is 0 Å². The molecule has 0 aliphatic heterocycles. The van der Waals surface area contributed by atoms with Crippen molar-refractivity contribution >= 4 is 28.7 Å². The lowest BCUT2D eigenvalue weighted by molar-refractivity contribution is -0.116. The Hall–Kier alpha value is -0.340. The van der Waals surface area contributed by atoms with Crippen LogP contribution in [0.15, 0.2) is 16.8 Å². The van der Waals surface area contributed by atoms with Gasteiger partial charge in [-0.15, -0.1) is 11.6 Å². The first-order chi connectivity index (χ1) is 4.83. The molecule has 0 unspecified atom stereocenters. The van der Waals surface area contributed by atoms with Crippen LogP contribution in [0.4, 0.5) is 0 Å². The number of rotatable bonds is 3. The lowest BCUT2D eigenvalue weighted by Crippen LogP contribution is -2.02. The van der Waals surface area contributed by atoms with Crippen LogP contribution in [0.3, 0.4) is 0 Å². The Labute approximate surface area is 68.6 Å². The zero-order valence-electron chi connectivity index (χ0n) is 5.34. The van der Waals surface area contributed by atoms with Gasteiger partial charge in [0.05, 0.1) is 5.88 Å². The molecule has 0 radical (unpaired) electrons. The molecule has 0 aliphatic carbocycles. The van der Waals surface area contributed by atoms with Crippen LogP contribution in [0, 0.1) is 0 Å². The fourth-order valence-electron chi connectivity index (χ4n) is 0.668. The van der Waals surface area contributed by atoms with E-state index in [1.807, 2.05) is 16.8 Å². The number of hydrogen-bond donors (Lipinski definition) is 0. The maximum Gasteiger partial charge on any atom is 0.151 e. The van der Waals surface area contributed by atoms with Gasteiger partial charge in [-0.1, -0.05) is 0 Å². The Balaban J connectivity index is 2.48. The Morgan fingerprint density at radius 3 is 3.00 bits per heavy atom. The van der Waals surface area contributed by atoms with Crippen molar-refractivity contribution in [2.75, 3.05) is 5.88 Å². The third-order valence-electron chi connectivity index (χ3n) is 1.13. The van der Waals surface area contributed by atoms with Crippen LogP contribution >= 0.6 is 22.9 Å². The summed E-state index contributed by atoms with van der Waals surface area (Å²) in [5.41, 5.74) is 1.07. The Morgan fingerprint density at radius 2 is 2.50 bits per heavy atom. The summed E-state index contributed by atoms with van der Waals surface area (Å²) in [6, 6.07) is 1.94. The highest BCUT2D eigenvalue weighted by Crippen LogP contribution is 2.06. The minimum absolute atomic E-state index is 0.0834. The molecule has 54 valence electrons. The maximum atomic E-state index is 10.8. The lowest BCUT2D eigenvalue weighted by atomic mass is 10.2. The zero-order chi connectivity index (χ0) is 7.40. The number of thiophene rings is 1. The quantitative estimate of drug-likeness (QED) is 0.642. The van der Waals surface area contributed by atoms with Crippen molar-refractivity contribution in [2.45, 2.75) is 6.42 Å². The second-order valence-corrected chi connectivity index (χ2v) is 3.03. The van der Waals surface area contributed by atoms with Crippen LogP contribution in [0.1, 0.15) is 5.56 Å². The topological polar surface area (TPSA) is 17.1 Å². The molecule has 0 fully saturated rings. The molecule has 0 saturated heterocycles. The number of halogens is 1. The van der Waals surface area contributed by atoms with Gasteiger partial charge in [-0.05, 0) is 22.4 Å². The first-order valence-corrected chi connectivity index (χ1v) is 4.39. The van der Waals surface area contributed by atoms with Crippen LogP contribution in [0.2, 0.25) is 0 Å². The summed E-state index contributed by atoms with van der Waals surface area (Å²) in [6.07, 6.45) is 0.479. The standard InChI is InChI=1S/C7H7ClOS/c8-4-7(9)3-6-1-2-10-5-6/h1-2,5H,3-4H2. The van der Waals surface area contributed by atoms with E-state index in [9.17, 15) is 4.79 Å². The summed E-state index contributed by atoms with van der Waals surface area (Å²) >= 11 is 6.92. The molecule has 0 amide bonds. The molecule has 3 heteroatoms. The highest BCUT2D eigenvalue weighted by atomic mass is 35.5. The fourth-order valence-corrected chi connectivity index (χ4v) is 1.43. The molecule has 1 aromatic rings. The summed E-state index contributed by atoms with van der Waals surface area (Å²) in [7, 11) is 0. The lowest BCUT2D eigenvalue weighted by Gasteiger charge is -1.90. The molecule has 0 aliphatic rings. The SMILES string of the molecule is O=C(CCl)Cc1ccsc1. The molecule has 1 nitrogen and oxygen atoms in total. The molecule has 0 aromatic carbocycles. The summed E-state index contributed by atoms with van der Waals surface area (Å²) in [5, 5.41) is 3.92. The molecule has 0 spiro atoms. The van der Waals surface area contributed by atoms with Crippen molar-refractivity contribution in [1.82, 2.24) is 0 Å². The highest BCUT2D eigenvalue weighted by molar-refractivity contribution is 7.08. The largest absolute Gasteiger partial charge is 0.298 e. The van der Waals surface area contributed by atoms with Gasteiger partial charge in [-0.3, -0.25) is 4.79 Å². The average molecular weight is 175 g/mol. The molecular formula is C7H7ClOS. The third-order valence-corrected chi connectivity index (χ3v) is 2.16. The predicted molar refractivity (Wildman–Crippen MR) is 43.8 cm³/mol. The van der Waals surface area contributed by atoms with E-state index < -0.39 is 0 Å². The van der Waals surface area contributed by atoms with Crippen molar-refractivity contribution in [3.8, 4) is 0 Å². The van der Waals surface area contributed by atoms with Gasteiger partial charge >= 0.3 is 0 Å². The molecule has 0 bridgehead atoms. The Kier molecular flexibility index (Phi) is 2.90. The van der Waals surface area contributed by atoms with Crippen molar-refractivity contribution < 1.29 is 4.79 Å². The molecule has 1 aromatic heterocycles. The van der Waals surface area contributed by atoms with E-state index in [-0.39, 0.29) is 11.7 Å². The smallest absolute Gasteiger partial charge is 0.151 e. The van der Waals surface area contributed by atoms with Gasteiger partial charge in [-0.25, -0.2) is 0 Å². The first kappa shape index (κ1) is 7.76. The normalized spacial score (nSPS) is 9.70. The van der Waals surface area contributed by atoms with Crippen LogP contribution < -0.4 is 0 Å². The minimum Gasteiger partial charge on any atom is -0.298 e. The number of carbonyl (C=O) groups excluding carboxylic acids is 1. The Morgan fingerprint density at radius 1 is 1.70 bits per heavy atom. The Bertz CT molecular complexity index is 205. The monoisotopic (exact) mass is 174 g/mol. The van der Waals surface area contributed by atoms with Crippen molar-refractivity contribution in [3.63, 3.8) is 0 Å². The molecular weight excluding hydrogens is 168 g/mol. The van der Waals surface area contributed by atoms with Gasteiger partial charge in [0, 0.05) is 6.42 Å². The van der Waals surface area contributed by atoms with Crippen LogP contribution in [-0.4, -0.2) is 11.7 Å². The molecule has 10 heavy (non-hydrogen) atoms. The molecule has 0 N–H and O–H groups in total. The van der Waals surface area contributed by atoms with Gasteiger partial charge in [0.25, 0.3) is 0 Å². The number of carbonyl (C=O) groups is 1. The summed E-state index contributed by atoms with van der Waals surface area (Å²) in [5.74, 6) is 0.204. The van der Waals surface area contributed by atoms with Gasteiger partial charge in [0.15, 0.2) is 5.78 Å². The van der Waals surface area contributed by atoms with E-state index in [0.717, 1.165) is 5.56 Å². The van der Waals surface area contributed by atoms with Crippen LogP contribution in [0.5, 0.6) is 0 Å². The van der Waals surface area contributed by atoms with E-state index >= 15 is 0 Å². The summed E-state index contributed by atoms with van der Waals surface area (Å²) in [4.78, 5) is 10.8.